The third-order valence-corrected chi connectivity index (χ3v) is 6.70. The van der Waals surface area contributed by atoms with E-state index in [1.54, 1.807) is 6.33 Å². The number of anilines is 1. The second-order valence-corrected chi connectivity index (χ2v) is 9.06. The molecule has 8 heteroatoms. The number of rotatable bonds is 4. The Morgan fingerprint density at radius 2 is 2.04 bits per heavy atom. The highest BCUT2D eigenvalue weighted by Crippen LogP contribution is 2.32. The van der Waals surface area contributed by atoms with E-state index in [1.165, 1.54) is 6.33 Å². The number of aryl methyl sites for hydroxylation is 1. The summed E-state index contributed by atoms with van der Waals surface area (Å²) in [5.41, 5.74) is 3.19. The lowest BCUT2D eigenvalue weighted by atomic mass is 9.94. The van der Waals surface area contributed by atoms with Gasteiger partial charge in [-0.1, -0.05) is 26.0 Å². The van der Waals surface area contributed by atoms with Gasteiger partial charge < -0.3 is 10.3 Å². The van der Waals surface area contributed by atoms with Crippen molar-refractivity contribution in [3.05, 3.63) is 42.0 Å². The number of imidazole rings is 1. The quantitative estimate of drug-likeness (QED) is 0.731. The maximum Gasteiger partial charge on any atom is 0.182 e. The number of aromatic amines is 1. The highest BCUT2D eigenvalue weighted by molar-refractivity contribution is 7.91. The van der Waals surface area contributed by atoms with Gasteiger partial charge in [0.1, 0.15) is 11.8 Å². The molecule has 0 saturated carbocycles. The van der Waals surface area contributed by atoms with Crippen molar-refractivity contribution in [1.82, 2.24) is 19.9 Å². The zero-order valence-corrected chi connectivity index (χ0v) is 15.5. The Balaban J connectivity index is 1.75. The van der Waals surface area contributed by atoms with Gasteiger partial charge in [0, 0.05) is 0 Å². The van der Waals surface area contributed by atoms with E-state index in [1.807, 2.05) is 18.2 Å². The number of fused-ring (bicyclic) bond motifs is 2. The van der Waals surface area contributed by atoms with E-state index in [0.29, 0.717) is 22.8 Å². The molecule has 0 amide bonds. The van der Waals surface area contributed by atoms with Crippen molar-refractivity contribution < 1.29 is 8.42 Å². The molecule has 0 saturated heterocycles. The molecule has 1 aromatic carbocycles. The number of nitrogens with one attached hydrogen (secondary N) is 2. The van der Waals surface area contributed by atoms with E-state index in [4.69, 9.17) is 0 Å². The maximum absolute atomic E-state index is 12.5. The van der Waals surface area contributed by atoms with Gasteiger partial charge in [0.25, 0.3) is 0 Å². The van der Waals surface area contributed by atoms with Gasteiger partial charge in [-0.15, -0.1) is 0 Å². The summed E-state index contributed by atoms with van der Waals surface area (Å²) in [4.78, 5) is 16.1. The first-order chi connectivity index (χ1) is 12.5. The Hall–Kier alpha value is -2.48. The molecule has 4 rings (SSSR count). The van der Waals surface area contributed by atoms with Crippen LogP contribution in [0.5, 0.6) is 0 Å². The number of H-pyrrole nitrogens is 1. The first kappa shape index (κ1) is 17.0. The first-order valence-corrected chi connectivity index (χ1v) is 10.4. The molecule has 3 aromatic rings. The number of aromatic nitrogens is 4. The molecule has 1 aliphatic rings. The zero-order chi connectivity index (χ0) is 18.3. The fourth-order valence-electron chi connectivity index (χ4n) is 3.48. The van der Waals surface area contributed by atoms with Crippen LogP contribution in [0.25, 0.3) is 11.2 Å². The van der Waals surface area contributed by atoms with Crippen LogP contribution >= 0.6 is 0 Å². The molecule has 3 heterocycles. The molecule has 0 fully saturated rings. The molecule has 0 radical (unpaired) electrons. The summed E-state index contributed by atoms with van der Waals surface area (Å²) in [5.74, 6) is 1.11. The van der Waals surface area contributed by atoms with E-state index in [-0.39, 0.29) is 17.7 Å². The summed E-state index contributed by atoms with van der Waals surface area (Å²) in [6.45, 7) is 4.19. The van der Waals surface area contributed by atoms with Crippen molar-refractivity contribution in [2.24, 2.45) is 5.92 Å². The lowest BCUT2D eigenvalue weighted by Crippen LogP contribution is -2.21. The van der Waals surface area contributed by atoms with Crippen LogP contribution in [0.3, 0.4) is 0 Å². The Bertz CT molecular complexity index is 1060. The Kier molecular flexibility index (Phi) is 4.14. The second kappa shape index (κ2) is 6.35. The van der Waals surface area contributed by atoms with Crippen LogP contribution in [0.2, 0.25) is 0 Å². The molecule has 2 N–H and O–H groups in total. The van der Waals surface area contributed by atoms with Crippen LogP contribution in [0.15, 0.2) is 35.7 Å². The van der Waals surface area contributed by atoms with Crippen LogP contribution in [0, 0.1) is 5.92 Å². The van der Waals surface area contributed by atoms with E-state index in [9.17, 15) is 8.42 Å². The average molecular weight is 371 g/mol. The molecular weight excluding hydrogens is 350 g/mol. The van der Waals surface area contributed by atoms with Crippen molar-refractivity contribution in [1.29, 1.82) is 0 Å². The summed E-state index contributed by atoms with van der Waals surface area (Å²) >= 11 is 0. The SMILES string of the molecule is CC(C)[C@@H](Nc1ncnc2nc[nH]c12)c1ccc2c(c1)S(=O)(=O)CCC2. The van der Waals surface area contributed by atoms with Gasteiger partial charge in [-0.05, 0) is 36.0 Å². The number of benzene rings is 1. The van der Waals surface area contributed by atoms with Crippen molar-refractivity contribution in [2.45, 2.75) is 37.6 Å². The first-order valence-electron chi connectivity index (χ1n) is 8.72. The molecule has 0 bridgehead atoms. The van der Waals surface area contributed by atoms with E-state index in [0.717, 1.165) is 23.1 Å². The van der Waals surface area contributed by atoms with E-state index in [2.05, 4.69) is 39.1 Å². The van der Waals surface area contributed by atoms with Crippen LogP contribution in [-0.2, 0) is 16.3 Å². The van der Waals surface area contributed by atoms with Crippen molar-refractivity contribution in [3.8, 4) is 0 Å². The minimum Gasteiger partial charge on any atom is -0.361 e. The fourth-order valence-corrected chi connectivity index (χ4v) is 5.11. The second-order valence-electron chi connectivity index (χ2n) is 6.98. The van der Waals surface area contributed by atoms with Crippen molar-refractivity contribution in [2.75, 3.05) is 11.1 Å². The molecule has 7 nitrogen and oxygen atoms in total. The number of hydrogen-bond acceptors (Lipinski definition) is 6. The molecule has 136 valence electrons. The lowest BCUT2D eigenvalue weighted by Gasteiger charge is -2.25. The molecule has 0 aliphatic carbocycles. The smallest absolute Gasteiger partial charge is 0.182 e. The lowest BCUT2D eigenvalue weighted by molar-refractivity contribution is 0.542. The third-order valence-electron chi connectivity index (χ3n) is 4.83. The predicted octanol–water partition coefficient (Wildman–Crippen LogP) is 2.88. The van der Waals surface area contributed by atoms with Gasteiger partial charge >= 0.3 is 0 Å². The molecule has 0 spiro atoms. The normalized spacial score (nSPS) is 17.2. The fraction of sp³-hybridized carbons (Fsp3) is 0.389. The minimum absolute atomic E-state index is 0.0844. The zero-order valence-electron chi connectivity index (χ0n) is 14.7. The van der Waals surface area contributed by atoms with Crippen LogP contribution < -0.4 is 5.32 Å². The van der Waals surface area contributed by atoms with Gasteiger partial charge in [-0.3, -0.25) is 0 Å². The maximum atomic E-state index is 12.5. The monoisotopic (exact) mass is 371 g/mol. The molecular formula is C18H21N5O2S. The van der Waals surface area contributed by atoms with Crippen LogP contribution in [-0.4, -0.2) is 34.1 Å². The summed E-state index contributed by atoms with van der Waals surface area (Å²) < 4.78 is 24.9. The Labute approximate surface area is 152 Å². The summed E-state index contributed by atoms with van der Waals surface area (Å²) in [6, 6.07) is 5.71. The van der Waals surface area contributed by atoms with E-state index >= 15 is 0 Å². The van der Waals surface area contributed by atoms with Gasteiger partial charge in [0.05, 0.1) is 23.0 Å². The number of sulfone groups is 1. The van der Waals surface area contributed by atoms with Gasteiger partial charge in [-0.25, -0.2) is 23.4 Å². The average Bonchev–Trinajstić information content (AvgIpc) is 3.08. The van der Waals surface area contributed by atoms with Gasteiger partial charge in [-0.2, -0.15) is 0 Å². The topological polar surface area (TPSA) is 101 Å². The van der Waals surface area contributed by atoms with Crippen LogP contribution in [0.1, 0.15) is 37.4 Å². The highest BCUT2D eigenvalue weighted by atomic mass is 32.2. The largest absolute Gasteiger partial charge is 0.361 e. The molecule has 1 aliphatic heterocycles. The number of nitrogens with zero attached hydrogens (tertiary/aromatic N) is 3. The third kappa shape index (κ3) is 2.94. The molecule has 1 atom stereocenters. The predicted molar refractivity (Wildman–Crippen MR) is 99.7 cm³/mol. The Morgan fingerprint density at radius 1 is 1.19 bits per heavy atom. The summed E-state index contributed by atoms with van der Waals surface area (Å²) in [7, 11) is -3.19. The highest BCUT2D eigenvalue weighted by Gasteiger charge is 2.26. The summed E-state index contributed by atoms with van der Waals surface area (Å²) in [6.07, 6.45) is 4.56. The van der Waals surface area contributed by atoms with E-state index < -0.39 is 9.84 Å². The summed E-state index contributed by atoms with van der Waals surface area (Å²) in [5, 5.41) is 3.44. The van der Waals surface area contributed by atoms with Crippen molar-refractivity contribution >= 4 is 26.8 Å². The molecule has 2 aromatic heterocycles. The number of hydrogen-bond donors (Lipinski definition) is 2. The molecule has 0 unspecified atom stereocenters. The Morgan fingerprint density at radius 3 is 2.85 bits per heavy atom. The minimum atomic E-state index is -3.19. The van der Waals surface area contributed by atoms with Crippen LogP contribution in [0.4, 0.5) is 5.82 Å². The standard InChI is InChI=1S/C18H21N5O2S/c1-11(2)15(23-18-16-17(20-9-19-16)21-10-22-18)13-6-5-12-4-3-7-26(24,25)14(12)8-13/h5-6,8-11,15H,3-4,7H2,1-2H3,(H2,19,20,21,22,23)/t15-/m1/s1. The van der Waals surface area contributed by atoms with Gasteiger partial charge in [0.15, 0.2) is 21.3 Å². The molecule has 26 heavy (non-hydrogen) atoms. The van der Waals surface area contributed by atoms with Gasteiger partial charge in [0.2, 0.25) is 0 Å². The van der Waals surface area contributed by atoms with Crippen molar-refractivity contribution in [3.63, 3.8) is 0 Å².